The van der Waals surface area contributed by atoms with Gasteiger partial charge in [-0.25, -0.2) is 0 Å². The van der Waals surface area contributed by atoms with Crippen LogP contribution >= 0.6 is 0 Å². The number of allylic oxidation sites excluding steroid dienone is 11. The van der Waals surface area contributed by atoms with Crippen LogP contribution in [0.25, 0.3) is 0 Å². The molecule has 31 heavy (non-hydrogen) atoms. The first kappa shape index (κ1) is 27.0. The van der Waals surface area contributed by atoms with Crippen molar-refractivity contribution in [1.82, 2.24) is 0 Å². The minimum atomic E-state index is -0.311. The van der Waals surface area contributed by atoms with Crippen molar-refractivity contribution in [3.63, 3.8) is 0 Å². The number of rotatable bonds is 9. The Kier molecular flexibility index (Phi) is 12.2. The highest BCUT2D eigenvalue weighted by Crippen LogP contribution is 2.40. The van der Waals surface area contributed by atoms with Crippen LogP contribution < -0.4 is 0 Å². The Morgan fingerprint density at radius 2 is 1.65 bits per heavy atom. The van der Waals surface area contributed by atoms with Gasteiger partial charge < -0.3 is 9.47 Å². The molecule has 1 aliphatic rings. The lowest BCUT2D eigenvalue weighted by molar-refractivity contribution is -0.111. The molecule has 1 aliphatic carbocycles. The zero-order valence-corrected chi connectivity index (χ0v) is 21.0. The van der Waals surface area contributed by atoms with Gasteiger partial charge in [0.25, 0.3) is 0 Å². The fourth-order valence-corrected chi connectivity index (χ4v) is 3.67. The molecule has 0 N–H and O–H groups in total. The first-order chi connectivity index (χ1) is 14.7. The standard InChI is InChI=1S/C29H42O2/c1-9-30-28(31-10-2)26(6)18-12-11-15-23(3)16-13-17-24(4)20-21-27-25(5)19-14-22-29(27,7)8/h13,15-18,20-21,28H,9-10,14,19,22H2,1-8H3. The third-order valence-corrected chi connectivity index (χ3v) is 5.46. The van der Waals surface area contributed by atoms with Gasteiger partial charge in [-0.15, -0.1) is 0 Å². The van der Waals surface area contributed by atoms with E-state index in [4.69, 9.17) is 9.47 Å². The molecule has 170 valence electrons. The summed E-state index contributed by atoms with van der Waals surface area (Å²) in [6.07, 6.45) is 18.1. The minimum absolute atomic E-state index is 0.283. The molecule has 0 fully saturated rings. The van der Waals surface area contributed by atoms with Crippen LogP contribution in [-0.4, -0.2) is 19.5 Å². The molecule has 2 heteroatoms. The summed E-state index contributed by atoms with van der Waals surface area (Å²) in [4.78, 5) is 0. The van der Waals surface area contributed by atoms with E-state index < -0.39 is 0 Å². The van der Waals surface area contributed by atoms with Gasteiger partial charge in [0.1, 0.15) is 0 Å². The van der Waals surface area contributed by atoms with Crippen LogP contribution in [0.1, 0.15) is 74.7 Å². The monoisotopic (exact) mass is 422 g/mol. The van der Waals surface area contributed by atoms with E-state index in [0.717, 1.165) is 11.1 Å². The Bertz CT molecular complexity index is 811. The molecular weight excluding hydrogens is 380 g/mol. The highest BCUT2D eigenvalue weighted by molar-refractivity contribution is 5.38. The van der Waals surface area contributed by atoms with Crippen molar-refractivity contribution in [1.29, 1.82) is 0 Å². The molecule has 0 aromatic rings. The average Bonchev–Trinajstić information content (AvgIpc) is 2.70. The number of hydrogen-bond acceptors (Lipinski definition) is 2. The van der Waals surface area contributed by atoms with Crippen molar-refractivity contribution in [3.8, 4) is 11.8 Å². The van der Waals surface area contributed by atoms with Crippen LogP contribution in [0.2, 0.25) is 0 Å². The van der Waals surface area contributed by atoms with Crippen molar-refractivity contribution in [3.05, 3.63) is 70.4 Å². The lowest BCUT2D eigenvalue weighted by Crippen LogP contribution is -2.19. The Balaban J connectivity index is 2.71. The molecule has 1 rings (SSSR count). The molecule has 0 heterocycles. The van der Waals surface area contributed by atoms with Gasteiger partial charge >= 0.3 is 0 Å². The molecule has 0 amide bonds. The molecule has 0 atom stereocenters. The Hall–Kier alpha value is -2.08. The summed E-state index contributed by atoms with van der Waals surface area (Å²) in [5.41, 5.74) is 6.66. The zero-order valence-electron chi connectivity index (χ0n) is 21.0. The normalized spacial score (nSPS) is 18.3. The molecule has 0 aromatic heterocycles. The predicted molar refractivity (Wildman–Crippen MR) is 135 cm³/mol. The van der Waals surface area contributed by atoms with Crippen LogP contribution in [-0.2, 0) is 9.47 Å². The van der Waals surface area contributed by atoms with E-state index >= 15 is 0 Å². The molecule has 0 saturated carbocycles. The second kappa shape index (κ2) is 14.1. The van der Waals surface area contributed by atoms with Gasteiger partial charge in [-0.1, -0.05) is 67.2 Å². The van der Waals surface area contributed by atoms with Gasteiger partial charge in [-0.3, -0.25) is 0 Å². The fraction of sp³-hybridized carbons (Fsp3) is 0.517. The topological polar surface area (TPSA) is 18.5 Å². The van der Waals surface area contributed by atoms with Crippen molar-refractivity contribution in [2.75, 3.05) is 13.2 Å². The summed E-state index contributed by atoms with van der Waals surface area (Å²) in [6, 6.07) is 0. The molecule has 2 nitrogen and oxygen atoms in total. The van der Waals surface area contributed by atoms with Crippen LogP contribution in [0.3, 0.4) is 0 Å². The number of ether oxygens (including phenoxy) is 2. The predicted octanol–water partition coefficient (Wildman–Crippen LogP) is 7.87. The summed E-state index contributed by atoms with van der Waals surface area (Å²) in [5.74, 6) is 6.15. The third kappa shape index (κ3) is 10.2. The van der Waals surface area contributed by atoms with Gasteiger partial charge in [0.2, 0.25) is 0 Å². The molecule has 0 unspecified atom stereocenters. The third-order valence-electron chi connectivity index (χ3n) is 5.46. The lowest BCUT2D eigenvalue weighted by Gasteiger charge is -2.32. The van der Waals surface area contributed by atoms with E-state index in [1.807, 2.05) is 32.9 Å². The van der Waals surface area contributed by atoms with E-state index in [-0.39, 0.29) is 11.7 Å². The maximum absolute atomic E-state index is 5.57. The smallest absolute Gasteiger partial charge is 0.180 e. The quantitative estimate of drug-likeness (QED) is 0.214. The Morgan fingerprint density at radius 1 is 1.00 bits per heavy atom. The molecule has 0 spiro atoms. The molecule has 0 radical (unpaired) electrons. The Morgan fingerprint density at radius 3 is 2.26 bits per heavy atom. The maximum Gasteiger partial charge on any atom is 0.180 e. The summed E-state index contributed by atoms with van der Waals surface area (Å²) < 4.78 is 11.1. The molecule has 0 saturated heterocycles. The number of hydrogen-bond donors (Lipinski definition) is 0. The summed E-state index contributed by atoms with van der Waals surface area (Å²) in [7, 11) is 0. The van der Waals surface area contributed by atoms with Crippen LogP contribution in [0.15, 0.2) is 70.4 Å². The largest absolute Gasteiger partial charge is 0.349 e. The Labute approximate surface area is 191 Å². The lowest BCUT2D eigenvalue weighted by atomic mass is 9.72. The second-order valence-corrected chi connectivity index (χ2v) is 8.84. The van der Waals surface area contributed by atoms with E-state index in [9.17, 15) is 0 Å². The van der Waals surface area contributed by atoms with Crippen molar-refractivity contribution in [2.45, 2.75) is 80.9 Å². The van der Waals surface area contributed by atoms with Crippen molar-refractivity contribution < 1.29 is 9.47 Å². The fourth-order valence-electron chi connectivity index (χ4n) is 3.67. The van der Waals surface area contributed by atoms with E-state index in [2.05, 4.69) is 76.8 Å². The summed E-state index contributed by atoms with van der Waals surface area (Å²) >= 11 is 0. The zero-order chi connectivity index (χ0) is 23.3. The highest BCUT2D eigenvalue weighted by atomic mass is 16.7. The molecule has 0 aliphatic heterocycles. The molecular formula is C29H42O2. The first-order valence-corrected chi connectivity index (χ1v) is 11.5. The van der Waals surface area contributed by atoms with Crippen molar-refractivity contribution >= 4 is 0 Å². The van der Waals surface area contributed by atoms with Crippen LogP contribution in [0.4, 0.5) is 0 Å². The first-order valence-electron chi connectivity index (χ1n) is 11.5. The van der Waals surface area contributed by atoms with Gasteiger partial charge in [-0.2, -0.15) is 0 Å². The van der Waals surface area contributed by atoms with Crippen LogP contribution in [0.5, 0.6) is 0 Å². The van der Waals surface area contributed by atoms with E-state index in [0.29, 0.717) is 13.2 Å². The highest BCUT2D eigenvalue weighted by Gasteiger charge is 2.26. The average molecular weight is 423 g/mol. The summed E-state index contributed by atoms with van der Waals surface area (Å²) in [5, 5.41) is 0. The SMILES string of the molecule is CCOC(OCC)C(C)=CC#CC=C(C)C=CC=C(C)C=CC1=C(C)CCCC1(C)C. The maximum atomic E-state index is 5.57. The minimum Gasteiger partial charge on any atom is -0.349 e. The van der Waals surface area contributed by atoms with Gasteiger partial charge in [0, 0.05) is 13.2 Å². The molecule has 0 aromatic carbocycles. The van der Waals surface area contributed by atoms with Crippen molar-refractivity contribution in [2.24, 2.45) is 5.41 Å². The molecule has 0 bridgehead atoms. The van der Waals surface area contributed by atoms with Gasteiger partial charge in [-0.05, 0) is 95.1 Å². The van der Waals surface area contributed by atoms with Gasteiger partial charge in [0.05, 0.1) is 0 Å². The van der Waals surface area contributed by atoms with E-state index in [1.165, 1.54) is 36.0 Å². The van der Waals surface area contributed by atoms with Crippen LogP contribution in [0, 0.1) is 17.3 Å². The second-order valence-electron chi connectivity index (χ2n) is 8.84. The van der Waals surface area contributed by atoms with Gasteiger partial charge in [0.15, 0.2) is 6.29 Å². The van der Waals surface area contributed by atoms with E-state index in [1.54, 1.807) is 0 Å². The summed E-state index contributed by atoms with van der Waals surface area (Å²) in [6.45, 7) is 18.3.